The van der Waals surface area contributed by atoms with Crippen LogP contribution in [0.4, 0.5) is 0 Å². The summed E-state index contributed by atoms with van der Waals surface area (Å²) in [6.07, 6.45) is -1.14. The van der Waals surface area contributed by atoms with Gasteiger partial charge in [-0.25, -0.2) is 0 Å². The second-order valence-electron chi connectivity index (χ2n) is 2.46. The van der Waals surface area contributed by atoms with Gasteiger partial charge in [0.1, 0.15) is 0 Å². The number of aliphatic hydroxyl groups excluding tert-OH is 3. The predicted molar refractivity (Wildman–Crippen MR) is 33.2 cm³/mol. The molecule has 0 bridgehead atoms. The molecular weight excluding hydrogens is 136 g/mol. The fourth-order valence-electron chi connectivity index (χ4n) is 1.11. The van der Waals surface area contributed by atoms with E-state index >= 15 is 0 Å². The van der Waals surface area contributed by atoms with Gasteiger partial charge in [0.25, 0.3) is 0 Å². The zero-order valence-electron chi connectivity index (χ0n) is 5.60. The highest BCUT2D eigenvalue weighted by molar-refractivity contribution is 4.74. The van der Waals surface area contributed by atoms with E-state index in [1.54, 1.807) is 0 Å². The highest BCUT2D eigenvalue weighted by atomic mass is 16.6. The van der Waals surface area contributed by atoms with Crippen molar-refractivity contribution in [1.82, 2.24) is 0 Å². The maximum atomic E-state index is 9.04. The number of rotatable bonds is 2. The van der Waals surface area contributed by atoms with Crippen molar-refractivity contribution >= 4 is 0 Å². The molecule has 4 nitrogen and oxygen atoms in total. The summed E-state index contributed by atoms with van der Waals surface area (Å²) < 4.78 is 4.77. The minimum absolute atomic E-state index is 0.314. The van der Waals surface area contributed by atoms with Crippen LogP contribution in [0.2, 0.25) is 0 Å². The van der Waals surface area contributed by atoms with Gasteiger partial charge in [-0.05, 0) is 6.42 Å². The quantitative estimate of drug-likeness (QED) is 0.455. The van der Waals surface area contributed by atoms with Crippen LogP contribution in [0.1, 0.15) is 6.42 Å². The molecule has 0 aliphatic carbocycles. The Bertz CT molecular complexity index is 106. The van der Waals surface area contributed by atoms with Crippen LogP contribution in [0.15, 0.2) is 0 Å². The van der Waals surface area contributed by atoms with Crippen molar-refractivity contribution in [3.63, 3.8) is 0 Å². The highest BCUT2D eigenvalue weighted by Crippen LogP contribution is 2.21. The lowest BCUT2D eigenvalue weighted by Gasteiger charge is -2.16. The molecule has 1 rings (SSSR count). The molecule has 60 valence electrons. The van der Waals surface area contributed by atoms with Crippen LogP contribution in [0.25, 0.3) is 0 Å². The molecule has 0 aromatic rings. The highest BCUT2D eigenvalue weighted by Gasteiger charge is 2.31. The summed E-state index contributed by atoms with van der Waals surface area (Å²) in [6, 6.07) is 0. The van der Waals surface area contributed by atoms with E-state index in [4.69, 9.17) is 20.1 Å². The largest absolute Gasteiger partial charge is 0.394 e. The van der Waals surface area contributed by atoms with Crippen LogP contribution in [0.5, 0.6) is 0 Å². The molecule has 0 amide bonds. The van der Waals surface area contributed by atoms with Crippen LogP contribution < -0.4 is 0 Å². The van der Waals surface area contributed by atoms with Gasteiger partial charge in [-0.1, -0.05) is 0 Å². The summed E-state index contributed by atoms with van der Waals surface area (Å²) in [5.41, 5.74) is 0. The molecule has 0 spiro atoms. The fourth-order valence-corrected chi connectivity index (χ4v) is 1.11. The second kappa shape index (κ2) is 3.30. The summed E-state index contributed by atoms with van der Waals surface area (Å²) in [5, 5.41) is 26.5. The molecule has 1 unspecified atom stereocenters. The molecule has 0 saturated carbocycles. The third kappa shape index (κ3) is 1.46. The van der Waals surface area contributed by atoms with Gasteiger partial charge in [-0.3, -0.25) is 0 Å². The SMILES string of the molecule is OC[C@H](O)[C@@H]1CCOC1O. The molecule has 0 aromatic heterocycles. The summed E-state index contributed by atoms with van der Waals surface area (Å²) in [7, 11) is 0. The smallest absolute Gasteiger partial charge is 0.159 e. The second-order valence-corrected chi connectivity index (χ2v) is 2.46. The van der Waals surface area contributed by atoms with Crippen molar-refractivity contribution < 1.29 is 20.1 Å². The molecule has 1 saturated heterocycles. The topological polar surface area (TPSA) is 69.9 Å². The summed E-state index contributed by atoms with van der Waals surface area (Å²) in [6.45, 7) is 0.147. The van der Waals surface area contributed by atoms with Gasteiger partial charge >= 0.3 is 0 Å². The van der Waals surface area contributed by atoms with Crippen LogP contribution in [-0.4, -0.2) is 40.9 Å². The standard InChI is InChI=1S/C6H12O4/c7-3-5(8)4-1-2-10-6(4)9/h4-9H,1-3H2/t4-,5-,6?/m0/s1. The van der Waals surface area contributed by atoms with Gasteiger partial charge in [0, 0.05) is 5.92 Å². The zero-order valence-corrected chi connectivity index (χ0v) is 5.60. The molecular formula is C6H12O4. The summed E-state index contributed by atoms with van der Waals surface area (Å²) >= 11 is 0. The molecule has 0 aromatic carbocycles. The van der Waals surface area contributed by atoms with Crippen molar-refractivity contribution in [3.05, 3.63) is 0 Å². The van der Waals surface area contributed by atoms with E-state index in [1.165, 1.54) is 0 Å². The molecule has 3 atom stereocenters. The van der Waals surface area contributed by atoms with Crippen molar-refractivity contribution in [2.75, 3.05) is 13.2 Å². The Morgan fingerprint density at radius 3 is 2.70 bits per heavy atom. The first-order valence-corrected chi connectivity index (χ1v) is 3.34. The predicted octanol–water partition coefficient (Wildman–Crippen LogP) is -1.31. The normalized spacial score (nSPS) is 36.3. The Hall–Kier alpha value is -0.160. The van der Waals surface area contributed by atoms with E-state index in [0.29, 0.717) is 13.0 Å². The molecule has 3 N–H and O–H groups in total. The maximum Gasteiger partial charge on any atom is 0.159 e. The minimum Gasteiger partial charge on any atom is -0.394 e. The Labute approximate surface area is 59.1 Å². The Morgan fingerprint density at radius 1 is 1.60 bits per heavy atom. The number of ether oxygens (including phenoxy) is 1. The van der Waals surface area contributed by atoms with Crippen LogP contribution in [-0.2, 0) is 4.74 Å². The number of aliphatic hydroxyl groups is 3. The molecule has 1 heterocycles. The average Bonchev–Trinajstić information content (AvgIpc) is 2.34. The van der Waals surface area contributed by atoms with Crippen LogP contribution in [0.3, 0.4) is 0 Å². The van der Waals surface area contributed by atoms with Crippen molar-refractivity contribution in [2.45, 2.75) is 18.8 Å². The van der Waals surface area contributed by atoms with Gasteiger partial charge < -0.3 is 20.1 Å². The van der Waals surface area contributed by atoms with Gasteiger partial charge in [0.2, 0.25) is 0 Å². The monoisotopic (exact) mass is 148 g/mol. The molecule has 0 radical (unpaired) electrons. The molecule has 1 fully saturated rings. The van der Waals surface area contributed by atoms with Gasteiger partial charge in [-0.2, -0.15) is 0 Å². The lowest BCUT2D eigenvalue weighted by molar-refractivity contribution is -0.112. The van der Waals surface area contributed by atoms with E-state index in [9.17, 15) is 0 Å². The van der Waals surface area contributed by atoms with Crippen molar-refractivity contribution in [1.29, 1.82) is 0 Å². The average molecular weight is 148 g/mol. The van der Waals surface area contributed by atoms with Gasteiger partial charge in [-0.15, -0.1) is 0 Å². The summed E-state index contributed by atoms with van der Waals surface area (Å²) in [5.74, 6) is -0.315. The van der Waals surface area contributed by atoms with Gasteiger partial charge in [0.15, 0.2) is 6.29 Å². The lowest BCUT2D eigenvalue weighted by atomic mass is 10.0. The van der Waals surface area contributed by atoms with E-state index in [1.807, 2.05) is 0 Å². The first-order chi connectivity index (χ1) is 4.75. The Morgan fingerprint density at radius 2 is 2.30 bits per heavy atom. The maximum absolute atomic E-state index is 9.04. The zero-order chi connectivity index (χ0) is 7.56. The molecule has 4 heteroatoms. The third-order valence-electron chi connectivity index (χ3n) is 1.79. The van der Waals surface area contributed by atoms with Crippen molar-refractivity contribution in [2.24, 2.45) is 5.92 Å². The van der Waals surface area contributed by atoms with Gasteiger partial charge in [0.05, 0.1) is 19.3 Å². The van der Waals surface area contributed by atoms with E-state index < -0.39 is 12.4 Å². The summed E-state index contributed by atoms with van der Waals surface area (Å²) in [4.78, 5) is 0. The fraction of sp³-hybridized carbons (Fsp3) is 1.00. The van der Waals surface area contributed by atoms with Crippen LogP contribution >= 0.6 is 0 Å². The Balaban J connectivity index is 2.38. The molecule has 1 aliphatic heterocycles. The van der Waals surface area contributed by atoms with E-state index in [0.717, 1.165) is 0 Å². The Kier molecular flexibility index (Phi) is 2.62. The molecule has 1 aliphatic rings. The van der Waals surface area contributed by atoms with E-state index in [2.05, 4.69) is 0 Å². The first-order valence-electron chi connectivity index (χ1n) is 3.34. The van der Waals surface area contributed by atoms with E-state index in [-0.39, 0.29) is 12.5 Å². The lowest BCUT2D eigenvalue weighted by Crippen LogP contribution is -2.30. The van der Waals surface area contributed by atoms with Crippen molar-refractivity contribution in [3.8, 4) is 0 Å². The van der Waals surface area contributed by atoms with Crippen LogP contribution in [0, 0.1) is 5.92 Å². The number of hydrogen-bond acceptors (Lipinski definition) is 4. The third-order valence-corrected chi connectivity index (χ3v) is 1.79. The molecule has 10 heavy (non-hydrogen) atoms. The number of hydrogen-bond donors (Lipinski definition) is 3. The first kappa shape index (κ1) is 7.94. The minimum atomic E-state index is -0.901.